The summed E-state index contributed by atoms with van der Waals surface area (Å²) in [5, 5.41) is 0.500. The quantitative estimate of drug-likeness (QED) is 0.755. The van der Waals surface area contributed by atoms with E-state index in [0.717, 1.165) is 26.2 Å². The molecule has 2 aliphatic rings. The number of anilines is 1. The van der Waals surface area contributed by atoms with Crippen LogP contribution in [0.1, 0.15) is 24.2 Å². The molecule has 2 saturated heterocycles. The highest BCUT2D eigenvalue weighted by atomic mass is 35.5. The molecular weight excluding hydrogens is 368 g/mol. The maximum atomic E-state index is 12.6. The summed E-state index contributed by atoms with van der Waals surface area (Å²) < 4.78 is 11.1. The second-order valence-electron chi connectivity index (χ2n) is 7.37. The number of halogens is 1. The van der Waals surface area contributed by atoms with Gasteiger partial charge in [-0.05, 0) is 19.9 Å². The summed E-state index contributed by atoms with van der Waals surface area (Å²) in [5.74, 6) is 0.655. The number of amides is 1. The first-order chi connectivity index (χ1) is 12.9. The van der Waals surface area contributed by atoms with E-state index in [2.05, 4.69) is 23.7 Å². The Balaban J connectivity index is 1.58. The van der Waals surface area contributed by atoms with Crippen molar-refractivity contribution in [3.05, 3.63) is 22.8 Å². The molecule has 0 aromatic carbocycles. The first-order valence-corrected chi connectivity index (χ1v) is 9.93. The zero-order valence-corrected chi connectivity index (χ0v) is 17.1. The summed E-state index contributed by atoms with van der Waals surface area (Å²) in [6, 6.07) is 1.72. The Kier molecular flexibility index (Phi) is 6.92. The summed E-state index contributed by atoms with van der Waals surface area (Å²) in [6.07, 6.45) is 2.13. The predicted octanol–water partition coefficient (Wildman–Crippen LogP) is 1.75. The Bertz CT molecular complexity index is 644. The standard InChI is InChI=1S/C19H29ClN4O3/c1-14-12-23(13-15(2)27-14)5-4-22(3)18-17(20)10-16(11-21-18)19(25)24-6-8-26-9-7-24/h10-11,14-15H,4-9,12-13H2,1-3H3/t14-,15+. The summed E-state index contributed by atoms with van der Waals surface area (Å²) >= 11 is 6.44. The van der Waals surface area contributed by atoms with Gasteiger partial charge < -0.3 is 19.3 Å². The van der Waals surface area contributed by atoms with E-state index in [-0.39, 0.29) is 18.1 Å². The monoisotopic (exact) mass is 396 g/mol. The molecule has 0 radical (unpaired) electrons. The van der Waals surface area contributed by atoms with Crippen molar-refractivity contribution in [3.63, 3.8) is 0 Å². The topological polar surface area (TPSA) is 58.1 Å². The lowest BCUT2D eigenvalue weighted by molar-refractivity contribution is -0.0670. The molecule has 1 aromatic heterocycles. The van der Waals surface area contributed by atoms with Crippen molar-refractivity contribution >= 4 is 23.3 Å². The van der Waals surface area contributed by atoms with Gasteiger partial charge in [0.05, 0.1) is 36.0 Å². The summed E-state index contributed by atoms with van der Waals surface area (Å²) in [7, 11) is 1.98. The van der Waals surface area contributed by atoms with Crippen LogP contribution in [0.4, 0.5) is 5.82 Å². The van der Waals surface area contributed by atoms with Crippen molar-refractivity contribution in [2.45, 2.75) is 26.1 Å². The van der Waals surface area contributed by atoms with Gasteiger partial charge in [0, 0.05) is 52.5 Å². The van der Waals surface area contributed by atoms with Gasteiger partial charge in [-0.1, -0.05) is 11.6 Å². The number of morpholine rings is 2. The molecule has 0 N–H and O–H groups in total. The third-order valence-corrected chi connectivity index (χ3v) is 5.25. The van der Waals surface area contributed by atoms with Gasteiger partial charge in [-0.15, -0.1) is 0 Å². The average Bonchev–Trinajstić information content (AvgIpc) is 2.65. The Hall–Kier alpha value is -1.41. The van der Waals surface area contributed by atoms with E-state index >= 15 is 0 Å². The van der Waals surface area contributed by atoms with Crippen LogP contribution >= 0.6 is 11.6 Å². The molecule has 2 atom stereocenters. The number of carbonyl (C=O) groups excluding carboxylic acids is 1. The van der Waals surface area contributed by atoms with Crippen molar-refractivity contribution in [1.29, 1.82) is 0 Å². The van der Waals surface area contributed by atoms with Crippen LogP contribution in [0.5, 0.6) is 0 Å². The van der Waals surface area contributed by atoms with Crippen molar-refractivity contribution in [3.8, 4) is 0 Å². The first kappa shape index (κ1) is 20.3. The van der Waals surface area contributed by atoms with Crippen LogP contribution in [-0.4, -0.2) is 92.4 Å². The number of ether oxygens (including phenoxy) is 2. The summed E-state index contributed by atoms with van der Waals surface area (Å²) in [6.45, 7) is 10.2. The van der Waals surface area contributed by atoms with Gasteiger partial charge in [0.2, 0.25) is 0 Å². The highest BCUT2D eigenvalue weighted by Crippen LogP contribution is 2.24. The number of pyridine rings is 1. The minimum atomic E-state index is -0.0433. The van der Waals surface area contributed by atoms with Crippen LogP contribution in [0.15, 0.2) is 12.3 Å². The second kappa shape index (κ2) is 9.19. The Morgan fingerprint density at radius 1 is 1.30 bits per heavy atom. The lowest BCUT2D eigenvalue weighted by Crippen LogP contribution is -2.47. The van der Waals surface area contributed by atoms with E-state index in [9.17, 15) is 4.79 Å². The SMILES string of the molecule is C[C@@H]1CN(CCN(C)c2ncc(C(=O)N3CCOCC3)cc2Cl)C[C@H](C)O1. The third-order valence-electron chi connectivity index (χ3n) is 4.98. The Morgan fingerprint density at radius 3 is 2.59 bits per heavy atom. The van der Waals surface area contributed by atoms with Crippen molar-refractivity contribution in [2.75, 3.05) is 64.4 Å². The van der Waals surface area contributed by atoms with Crippen molar-refractivity contribution < 1.29 is 14.3 Å². The molecule has 0 spiro atoms. The number of carbonyl (C=O) groups is 1. The fourth-order valence-electron chi connectivity index (χ4n) is 3.64. The number of rotatable bonds is 5. The molecule has 3 rings (SSSR count). The third kappa shape index (κ3) is 5.31. The maximum absolute atomic E-state index is 12.6. The maximum Gasteiger partial charge on any atom is 0.255 e. The number of aromatic nitrogens is 1. The lowest BCUT2D eigenvalue weighted by atomic mass is 10.2. The number of nitrogens with zero attached hydrogens (tertiary/aromatic N) is 4. The molecular formula is C19H29ClN4O3. The van der Waals surface area contributed by atoms with E-state index < -0.39 is 0 Å². The van der Waals surface area contributed by atoms with Gasteiger partial charge in [0.15, 0.2) is 0 Å². The van der Waals surface area contributed by atoms with E-state index in [1.165, 1.54) is 0 Å². The van der Waals surface area contributed by atoms with Gasteiger partial charge in [0.1, 0.15) is 5.82 Å². The molecule has 0 saturated carbocycles. The molecule has 3 heterocycles. The van der Waals surface area contributed by atoms with Gasteiger partial charge in [0.25, 0.3) is 5.91 Å². The van der Waals surface area contributed by atoms with E-state index in [4.69, 9.17) is 21.1 Å². The molecule has 7 nitrogen and oxygen atoms in total. The van der Waals surface area contributed by atoms with Gasteiger partial charge >= 0.3 is 0 Å². The molecule has 150 valence electrons. The van der Waals surface area contributed by atoms with Gasteiger partial charge in [-0.25, -0.2) is 4.98 Å². The fraction of sp³-hybridized carbons (Fsp3) is 0.684. The van der Waals surface area contributed by atoms with Crippen LogP contribution in [0.25, 0.3) is 0 Å². The smallest absolute Gasteiger partial charge is 0.255 e. The average molecular weight is 397 g/mol. The predicted molar refractivity (Wildman–Crippen MR) is 106 cm³/mol. The van der Waals surface area contributed by atoms with E-state index in [1.54, 1.807) is 17.2 Å². The second-order valence-corrected chi connectivity index (χ2v) is 7.78. The Morgan fingerprint density at radius 2 is 1.96 bits per heavy atom. The zero-order valence-electron chi connectivity index (χ0n) is 16.4. The fourth-order valence-corrected chi connectivity index (χ4v) is 3.95. The van der Waals surface area contributed by atoms with E-state index in [1.807, 2.05) is 11.9 Å². The normalized spacial score (nSPS) is 24.1. The first-order valence-electron chi connectivity index (χ1n) is 9.55. The molecule has 2 fully saturated rings. The Labute approximate surface area is 166 Å². The van der Waals surface area contributed by atoms with Crippen LogP contribution in [-0.2, 0) is 9.47 Å². The molecule has 1 aromatic rings. The molecule has 2 aliphatic heterocycles. The molecule has 0 bridgehead atoms. The molecule has 1 amide bonds. The summed E-state index contributed by atoms with van der Waals surface area (Å²) in [5.41, 5.74) is 0.523. The molecule has 0 aliphatic carbocycles. The van der Waals surface area contributed by atoms with Gasteiger partial charge in [-0.2, -0.15) is 0 Å². The highest BCUT2D eigenvalue weighted by Gasteiger charge is 2.23. The van der Waals surface area contributed by atoms with Crippen molar-refractivity contribution in [2.24, 2.45) is 0 Å². The minimum Gasteiger partial charge on any atom is -0.378 e. The van der Waals surface area contributed by atoms with Gasteiger partial charge in [-0.3, -0.25) is 9.69 Å². The van der Waals surface area contributed by atoms with Crippen LogP contribution in [0, 0.1) is 0 Å². The number of likely N-dealkylation sites (N-methyl/N-ethyl adjacent to an activating group) is 1. The molecule has 27 heavy (non-hydrogen) atoms. The minimum absolute atomic E-state index is 0.0433. The lowest BCUT2D eigenvalue weighted by Gasteiger charge is -2.36. The number of hydrogen-bond acceptors (Lipinski definition) is 6. The molecule has 0 unspecified atom stereocenters. The number of hydrogen-bond donors (Lipinski definition) is 0. The van der Waals surface area contributed by atoms with Crippen LogP contribution in [0.3, 0.4) is 0 Å². The summed E-state index contributed by atoms with van der Waals surface area (Å²) in [4.78, 5) is 23.2. The highest BCUT2D eigenvalue weighted by molar-refractivity contribution is 6.33. The van der Waals surface area contributed by atoms with Crippen molar-refractivity contribution in [1.82, 2.24) is 14.8 Å². The molecule has 8 heteroatoms. The zero-order chi connectivity index (χ0) is 19.4. The largest absolute Gasteiger partial charge is 0.378 e. The van der Waals surface area contributed by atoms with Crippen LogP contribution < -0.4 is 4.90 Å². The van der Waals surface area contributed by atoms with E-state index in [0.29, 0.717) is 42.7 Å². The van der Waals surface area contributed by atoms with Crippen LogP contribution in [0.2, 0.25) is 5.02 Å².